The van der Waals surface area contributed by atoms with Crippen LogP contribution in [0.3, 0.4) is 0 Å². The summed E-state index contributed by atoms with van der Waals surface area (Å²) in [5.41, 5.74) is 8.01. The average Bonchev–Trinajstić information content (AvgIpc) is 2.75. The molecule has 1 aromatic carbocycles. The highest BCUT2D eigenvalue weighted by molar-refractivity contribution is 5.57. The number of nitrogens with two attached hydrogens (primary N) is 1. The minimum absolute atomic E-state index is 0.128. The molecule has 0 radical (unpaired) electrons. The maximum atomic E-state index is 5.97. The molecule has 0 aliphatic heterocycles. The molecule has 17 heavy (non-hydrogen) atoms. The molecule has 0 aliphatic rings. The van der Waals surface area contributed by atoms with Gasteiger partial charge >= 0.3 is 0 Å². The number of aromatic nitrogens is 2. The fourth-order valence-electron chi connectivity index (χ4n) is 1.66. The highest BCUT2D eigenvalue weighted by Crippen LogP contribution is 2.16. The molecule has 0 saturated heterocycles. The Morgan fingerprint density at radius 2 is 1.94 bits per heavy atom. The van der Waals surface area contributed by atoms with E-state index in [4.69, 9.17) is 5.73 Å². The predicted octanol–water partition coefficient (Wildman–Crippen LogP) is 2.68. The summed E-state index contributed by atoms with van der Waals surface area (Å²) in [5.74, 6) is 0. The number of hydrogen-bond donors (Lipinski definition) is 1. The van der Waals surface area contributed by atoms with Gasteiger partial charge in [0.05, 0.1) is 12.0 Å². The van der Waals surface area contributed by atoms with E-state index >= 15 is 0 Å². The normalized spacial score (nSPS) is 11.7. The Bertz CT molecular complexity index is 466. The van der Waals surface area contributed by atoms with Gasteiger partial charge in [-0.3, -0.25) is 0 Å². The fourth-order valence-corrected chi connectivity index (χ4v) is 1.66. The molecule has 0 unspecified atom stereocenters. The zero-order valence-corrected chi connectivity index (χ0v) is 10.4. The number of nitrogens with zero attached hydrogens (tertiary/aromatic N) is 2. The van der Waals surface area contributed by atoms with Crippen LogP contribution < -0.4 is 5.73 Å². The molecule has 0 amide bonds. The van der Waals surface area contributed by atoms with E-state index in [-0.39, 0.29) is 5.54 Å². The van der Waals surface area contributed by atoms with Gasteiger partial charge in [-0.05, 0) is 20.3 Å². The molecule has 2 rings (SSSR count). The number of hydrogen-bond acceptors (Lipinski definition) is 2. The van der Waals surface area contributed by atoms with Gasteiger partial charge in [0.2, 0.25) is 0 Å². The smallest absolute Gasteiger partial charge is 0.0953 e. The molecular formula is C14H19N3. The molecule has 2 N–H and O–H groups in total. The molecule has 0 saturated carbocycles. The zero-order valence-electron chi connectivity index (χ0n) is 10.4. The lowest BCUT2D eigenvalue weighted by molar-refractivity contribution is 0.436. The molecule has 0 fully saturated rings. The van der Waals surface area contributed by atoms with Gasteiger partial charge in [-0.15, -0.1) is 0 Å². The second-order valence-corrected chi connectivity index (χ2v) is 5.10. The van der Waals surface area contributed by atoms with Crippen LogP contribution in [0.1, 0.15) is 20.3 Å². The summed E-state index contributed by atoms with van der Waals surface area (Å²) in [6.45, 7) is 4.99. The molecule has 1 heterocycles. The largest absolute Gasteiger partial charge is 0.337 e. The van der Waals surface area contributed by atoms with Gasteiger partial charge in [0.15, 0.2) is 0 Å². The van der Waals surface area contributed by atoms with Crippen molar-refractivity contribution in [2.24, 2.45) is 5.73 Å². The van der Waals surface area contributed by atoms with E-state index in [1.807, 2.05) is 38.4 Å². The van der Waals surface area contributed by atoms with Gasteiger partial charge in [0.25, 0.3) is 0 Å². The summed E-state index contributed by atoms with van der Waals surface area (Å²) < 4.78 is 2.09. The first kappa shape index (κ1) is 11.9. The first-order valence-electron chi connectivity index (χ1n) is 5.91. The third kappa shape index (κ3) is 3.43. The van der Waals surface area contributed by atoms with Gasteiger partial charge in [0.1, 0.15) is 0 Å². The van der Waals surface area contributed by atoms with Crippen LogP contribution >= 0.6 is 0 Å². The Balaban J connectivity index is 2.07. The Morgan fingerprint density at radius 1 is 1.24 bits per heavy atom. The fraction of sp³-hybridized carbons (Fsp3) is 0.357. The van der Waals surface area contributed by atoms with Crippen LogP contribution in [-0.4, -0.2) is 15.1 Å². The second kappa shape index (κ2) is 4.72. The van der Waals surface area contributed by atoms with Crippen molar-refractivity contribution in [1.29, 1.82) is 0 Å². The van der Waals surface area contributed by atoms with Gasteiger partial charge in [-0.25, -0.2) is 4.98 Å². The summed E-state index contributed by atoms with van der Waals surface area (Å²) in [6, 6.07) is 10.2. The zero-order chi connectivity index (χ0) is 12.3. The van der Waals surface area contributed by atoms with E-state index in [0.29, 0.717) is 0 Å². The standard InChI is InChI=1S/C14H19N3/c1-14(2,15)8-9-17-10-13(16-11-17)12-6-4-3-5-7-12/h3-7,10-11H,8-9,15H2,1-2H3. The third-order valence-corrected chi connectivity index (χ3v) is 2.72. The van der Waals surface area contributed by atoms with Crippen LogP contribution in [0, 0.1) is 0 Å². The summed E-state index contributed by atoms with van der Waals surface area (Å²) in [4.78, 5) is 4.41. The van der Waals surface area contributed by atoms with Crippen LogP contribution in [0.5, 0.6) is 0 Å². The van der Waals surface area contributed by atoms with Crippen molar-refractivity contribution in [3.05, 3.63) is 42.9 Å². The van der Waals surface area contributed by atoms with Crippen LogP contribution in [0.4, 0.5) is 0 Å². The van der Waals surface area contributed by atoms with Crippen molar-refractivity contribution in [2.45, 2.75) is 32.4 Å². The first-order chi connectivity index (χ1) is 8.04. The average molecular weight is 229 g/mol. The van der Waals surface area contributed by atoms with Crippen LogP contribution in [0.25, 0.3) is 11.3 Å². The lowest BCUT2D eigenvalue weighted by Gasteiger charge is -2.17. The minimum Gasteiger partial charge on any atom is -0.337 e. The molecule has 0 atom stereocenters. The minimum atomic E-state index is -0.128. The summed E-state index contributed by atoms with van der Waals surface area (Å²) >= 11 is 0. The topological polar surface area (TPSA) is 43.8 Å². The lowest BCUT2D eigenvalue weighted by atomic mass is 10.0. The molecule has 2 aromatic rings. The molecule has 3 heteroatoms. The van der Waals surface area contributed by atoms with Crippen molar-refractivity contribution in [1.82, 2.24) is 9.55 Å². The summed E-state index contributed by atoms with van der Waals surface area (Å²) in [5, 5.41) is 0. The van der Waals surface area contributed by atoms with Gasteiger partial charge in [0, 0.05) is 23.8 Å². The molecule has 90 valence electrons. The molecule has 0 aliphatic carbocycles. The number of benzene rings is 1. The molecule has 3 nitrogen and oxygen atoms in total. The quantitative estimate of drug-likeness (QED) is 0.876. The third-order valence-electron chi connectivity index (χ3n) is 2.72. The second-order valence-electron chi connectivity index (χ2n) is 5.10. The summed E-state index contributed by atoms with van der Waals surface area (Å²) in [6.07, 6.45) is 4.88. The van der Waals surface area contributed by atoms with E-state index in [2.05, 4.69) is 27.9 Å². The van der Waals surface area contributed by atoms with Crippen molar-refractivity contribution in [3.63, 3.8) is 0 Å². The van der Waals surface area contributed by atoms with E-state index in [9.17, 15) is 0 Å². The molecule has 0 bridgehead atoms. The van der Waals surface area contributed by atoms with E-state index < -0.39 is 0 Å². The maximum absolute atomic E-state index is 5.97. The SMILES string of the molecule is CC(C)(N)CCn1cnc(-c2ccccc2)c1. The summed E-state index contributed by atoms with van der Waals surface area (Å²) in [7, 11) is 0. The molecule has 0 spiro atoms. The van der Waals surface area contributed by atoms with Gasteiger partial charge in [-0.1, -0.05) is 30.3 Å². The van der Waals surface area contributed by atoms with Crippen molar-refractivity contribution in [3.8, 4) is 11.3 Å². The number of imidazole rings is 1. The van der Waals surface area contributed by atoms with E-state index in [1.165, 1.54) is 0 Å². The van der Waals surface area contributed by atoms with E-state index in [1.54, 1.807) is 0 Å². The van der Waals surface area contributed by atoms with Gasteiger partial charge in [-0.2, -0.15) is 0 Å². The number of rotatable bonds is 4. The molecular weight excluding hydrogens is 210 g/mol. The Kier molecular flexibility index (Phi) is 3.29. The molecule has 1 aromatic heterocycles. The predicted molar refractivity (Wildman–Crippen MR) is 70.5 cm³/mol. The monoisotopic (exact) mass is 229 g/mol. The maximum Gasteiger partial charge on any atom is 0.0953 e. The highest BCUT2D eigenvalue weighted by Gasteiger charge is 2.10. The van der Waals surface area contributed by atoms with Crippen molar-refractivity contribution < 1.29 is 0 Å². The van der Waals surface area contributed by atoms with Crippen molar-refractivity contribution >= 4 is 0 Å². The van der Waals surface area contributed by atoms with Crippen LogP contribution in [0.2, 0.25) is 0 Å². The Labute approximate surface area is 102 Å². The van der Waals surface area contributed by atoms with Gasteiger partial charge < -0.3 is 10.3 Å². The van der Waals surface area contributed by atoms with Crippen LogP contribution in [-0.2, 0) is 6.54 Å². The Hall–Kier alpha value is -1.61. The lowest BCUT2D eigenvalue weighted by Crippen LogP contribution is -2.32. The van der Waals surface area contributed by atoms with E-state index in [0.717, 1.165) is 24.2 Å². The van der Waals surface area contributed by atoms with Crippen LogP contribution in [0.15, 0.2) is 42.9 Å². The highest BCUT2D eigenvalue weighted by atomic mass is 15.0. The van der Waals surface area contributed by atoms with Crippen molar-refractivity contribution in [2.75, 3.05) is 0 Å². The Morgan fingerprint density at radius 3 is 2.59 bits per heavy atom. The number of aryl methyl sites for hydroxylation is 1. The first-order valence-corrected chi connectivity index (χ1v) is 5.91.